The molecule has 0 saturated heterocycles. The van der Waals surface area contributed by atoms with Crippen molar-refractivity contribution in [3.63, 3.8) is 0 Å². The van der Waals surface area contributed by atoms with E-state index in [1.54, 1.807) is 13.8 Å². The molecule has 0 aliphatic heterocycles. The highest BCUT2D eigenvalue weighted by Crippen LogP contribution is 2.09. The number of nitrogens with two attached hydrogens (primary N) is 3. The summed E-state index contributed by atoms with van der Waals surface area (Å²) in [6, 6.07) is 0. The van der Waals surface area contributed by atoms with E-state index in [0.717, 1.165) is 0 Å². The summed E-state index contributed by atoms with van der Waals surface area (Å²) in [4.78, 5) is 0. The average molecular weight is 133 g/mol. The molecule has 9 heavy (non-hydrogen) atoms. The lowest BCUT2D eigenvalue weighted by atomic mass is 9.98. The average Bonchev–Trinajstić information content (AvgIpc) is 1.65. The Morgan fingerprint density at radius 1 is 1.33 bits per heavy atom. The van der Waals surface area contributed by atoms with Gasteiger partial charge in [-0.15, -0.1) is 0 Å². The highest BCUT2D eigenvalue weighted by Gasteiger charge is 2.30. The molecule has 0 amide bonds. The van der Waals surface area contributed by atoms with Gasteiger partial charge < -0.3 is 22.3 Å². The minimum atomic E-state index is -1.44. The van der Waals surface area contributed by atoms with E-state index >= 15 is 0 Å². The zero-order valence-corrected chi connectivity index (χ0v) is 5.83. The predicted molar refractivity (Wildman–Crippen MR) is 36.1 cm³/mol. The van der Waals surface area contributed by atoms with E-state index in [-0.39, 0.29) is 5.92 Å². The zero-order chi connectivity index (χ0) is 7.65. The monoisotopic (exact) mass is 133 g/mol. The molecule has 1 atom stereocenters. The van der Waals surface area contributed by atoms with Crippen LogP contribution in [0.5, 0.6) is 0 Å². The minimum Gasteiger partial charge on any atom is -0.373 e. The second-order valence-corrected chi connectivity index (χ2v) is 2.57. The fourth-order valence-corrected chi connectivity index (χ4v) is 0.385. The first-order valence-corrected chi connectivity index (χ1v) is 2.91. The molecule has 0 bridgehead atoms. The first kappa shape index (κ1) is 8.84. The van der Waals surface area contributed by atoms with Gasteiger partial charge in [-0.25, -0.2) is 0 Å². The van der Waals surface area contributed by atoms with Gasteiger partial charge in [-0.3, -0.25) is 0 Å². The van der Waals surface area contributed by atoms with Crippen LogP contribution >= 0.6 is 0 Å². The van der Waals surface area contributed by atoms with Gasteiger partial charge >= 0.3 is 0 Å². The van der Waals surface area contributed by atoms with Crippen LogP contribution in [-0.4, -0.2) is 17.0 Å². The molecule has 0 saturated carbocycles. The molecule has 0 fully saturated rings. The van der Waals surface area contributed by atoms with Crippen molar-refractivity contribution in [1.29, 1.82) is 0 Å². The van der Waals surface area contributed by atoms with Crippen LogP contribution in [0.3, 0.4) is 0 Å². The summed E-state index contributed by atoms with van der Waals surface area (Å²) in [7, 11) is 0. The Balaban J connectivity index is 4.01. The molecular weight excluding hydrogens is 118 g/mol. The van der Waals surface area contributed by atoms with Gasteiger partial charge in [0.05, 0.1) is 6.17 Å². The van der Waals surface area contributed by atoms with Crippen LogP contribution in [0.15, 0.2) is 0 Å². The predicted octanol–water partition coefficient (Wildman–Crippen LogP) is -1.47. The van der Waals surface area contributed by atoms with Gasteiger partial charge in [0.2, 0.25) is 0 Å². The summed E-state index contributed by atoms with van der Waals surface area (Å²) >= 11 is 0. The van der Waals surface area contributed by atoms with Crippen LogP contribution in [0.4, 0.5) is 0 Å². The van der Waals surface area contributed by atoms with Crippen molar-refractivity contribution in [2.24, 2.45) is 23.1 Å². The Hall–Kier alpha value is -0.160. The number of hydrogen-bond acceptors (Lipinski definition) is 4. The molecule has 7 N–H and O–H groups in total. The van der Waals surface area contributed by atoms with Crippen molar-refractivity contribution in [2.75, 3.05) is 0 Å². The maximum absolute atomic E-state index is 9.20. The third-order valence-electron chi connectivity index (χ3n) is 1.46. The molecular formula is C5H15N3O. The summed E-state index contributed by atoms with van der Waals surface area (Å²) in [5.74, 6) is -0.127. The highest BCUT2D eigenvalue weighted by atomic mass is 16.3. The Labute approximate surface area is 55.0 Å². The standard InChI is InChI=1S/C5H15N3O/c1-3(2)5(8,9)4(6)7/h3-4,9H,6-8H2,1-2H3. The summed E-state index contributed by atoms with van der Waals surface area (Å²) in [6.07, 6.45) is -0.877. The fraction of sp³-hybridized carbons (Fsp3) is 1.00. The van der Waals surface area contributed by atoms with Crippen LogP contribution in [-0.2, 0) is 0 Å². The topological polar surface area (TPSA) is 98.3 Å². The van der Waals surface area contributed by atoms with Crippen molar-refractivity contribution in [2.45, 2.75) is 25.7 Å². The molecule has 0 aromatic rings. The smallest absolute Gasteiger partial charge is 0.144 e. The first-order valence-electron chi connectivity index (χ1n) is 2.91. The van der Waals surface area contributed by atoms with Crippen molar-refractivity contribution in [3.05, 3.63) is 0 Å². The van der Waals surface area contributed by atoms with Gasteiger partial charge in [0.25, 0.3) is 0 Å². The van der Waals surface area contributed by atoms with Crippen LogP contribution in [0.2, 0.25) is 0 Å². The lowest BCUT2D eigenvalue weighted by Gasteiger charge is -2.30. The molecule has 0 aliphatic carbocycles. The second kappa shape index (κ2) is 2.62. The SMILES string of the molecule is CC(C)C(N)(O)C(N)N. The van der Waals surface area contributed by atoms with Crippen molar-refractivity contribution in [1.82, 2.24) is 0 Å². The van der Waals surface area contributed by atoms with Crippen LogP contribution in [0.25, 0.3) is 0 Å². The lowest BCUT2D eigenvalue weighted by Crippen LogP contribution is -2.63. The maximum atomic E-state index is 9.20. The Kier molecular flexibility index (Phi) is 2.57. The molecule has 0 aromatic heterocycles. The Morgan fingerprint density at radius 2 is 1.67 bits per heavy atom. The number of hydrogen-bond donors (Lipinski definition) is 4. The van der Waals surface area contributed by atoms with Gasteiger partial charge in [0, 0.05) is 0 Å². The van der Waals surface area contributed by atoms with E-state index in [1.807, 2.05) is 0 Å². The van der Waals surface area contributed by atoms with E-state index < -0.39 is 11.9 Å². The van der Waals surface area contributed by atoms with E-state index in [2.05, 4.69) is 0 Å². The maximum Gasteiger partial charge on any atom is 0.144 e. The quantitative estimate of drug-likeness (QED) is 0.346. The summed E-state index contributed by atoms with van der Waals surface area (Å²) in [5, 5.41) is 9.20. The van der Waals surface area contributed by atoms with E-state index in [9.17, 15) is 5.11 Å². The highest BCUT2D eigenvalue weighted by molar-refractivity contribution is 4.81. The van der Waals surface area contributed by atoms with E-state index in [1.165, 1.54) is 0 Å². The molecule has 56 valence electrons. The third-order valence-corrected chi connectivity index (χ3v) is 1.46. The molecule has 0 aliphatic rings. The molecule has 0 aromatic carbocycles. The molecule has 0 radical (unpaired) electrons. The normalized spacial score (nSPS) is 18.7. The van der Waals surface area contributed by atoms with Crippen molar-refractivity contribution >= 4 is 0 Å². The first-order chi connectivity index (χ1) is 3.89. The molecule has 4 nitrogen and oxygen atoms in total. The van der Waals surface area contributed by atoms with Crippen molar-refractivity contribution in [3.8, 4) is 0 Å². The Morgan fingerprint density at radius 3 is 1.67 bits per heavy atom. The molecule has 1 unspecified atom stereocenters. The van der Waals surface area contributed by atoms with Gasteiger partial charge in [-0.1, -0.05) is 13.8 Å². The van der Waals surface area contributed by atoms with Gasteiger partial charge in [0.1, 0.15) is 5.72 Å². The van der Waals surface area contributed by atoms with Crippen LogP contribution < -0.4 is 17.2 Å². The largest absolute Gasteiger partial charge is 0.373 e. The van der Waals surface area contributed by atoms with E-state index in [0.29, 0.717) is 0 Å². The molecule has 0 heterocycles. The zero-order valence-electron chi connectivity index (χ0n) is 5.83. The fourth-order valence-electron chi connectivity index (χ4n) is 0.385. The molecule has 0 rings (SSSR count). The molecule has 4 heteroatoms. The van der Waals surface area contributed by atoms with E-state index in [4.69, 9.17) is 17.2 Å². The number of aliphatic hydroxyl groups is 1. The number of rotatable bonds is 2. The lowest BCUT2D eigenvalue weighted by molar-refractivity contribution is -0.0212. The second-order valence-electron chi connectivity index (χ2n) is 2.57. The summed E-state index contributed by atoms with van der Waals surface area (Å²) in [5.41, 5.74) is 14.2. The van der Waals surface area contributed by atoms with Gasteiger partial charge in [-0.05, 0) is 5.92 Å². The summed E-state index contributed by atoms with van der Waals surface area (Å²) in [6.45, 7) is 3.51. The van der Waals surface area contributed by atoms with Crippen molar-refractivity contribution < 1.29 is 5.11 Å². The summed E-state index contributed by atoms with van der Waals surface area (Å²) < 4.78 is 0. The van der Waals surface area contributed by atoms with Gasteiger partial charge in [0.15, 0.2) is 0 Å². The molecule has 0 spiro atoms. The van der Waals surface area contributed by atoms with Crippen LogP contribution in [0.1, 0.15) is 13.8 Å². The minimum absolute atomic E-state index is 0.127. The third kappa shape index (κ3) is 1.91. The Bertz CT molecular complexity index is 80.2. The van der Waals surface area contributed by atoms with Gasteiger partial charge in [-0.2, -0.15) is 0 Å². The van der Waals surface area contributed by atoms with Crippen LogP contribution in [0, 0.1) is 5.92 Å².